The van der Waals surface area contributed by atoms with E-state index >= 15 is 0 Å². The highest BCUT2D eigenvalue weighted by Crippen LogP contribution is 2.41. The second-order valence-corrected chi connectivity index (χ2v) is 11.6. The molecule has 4 heterocycles. The lowest BCUT2D eigenvalue weighted by Gasteiger charge is -2.13. The first-order valence-electron chi connectivity index (χ1n) is 15.1. The highest BCUT2D eigenvalue weighted by Gasteiger charge is 2.20. The third kappa shape index (κ3) is 3.57. The molecule has 4 heteroatoms. The third-order valence-corrected chi connectivity index (χ3v) is 8.99. The lowest BCUT2D eigenvalue weighted by Crippen LogP contribution is -1.98. The monoisotopic (exact) mass is 576 g/mol. The Morgan fingerprint density at radius 1 is 0.422 bits per heavy atom. The van der Waals surface area contributed by atoms with Crippen molar-refractivity contribution in [2.75, 3.05) is 0 Å². The highest BCUT2D eigenvalue weighted by molar-refractivity contribution is 6.23. The summed E-state index contributed by atoms with van der Waals surface area (Å²) in [6, 6.07) is 50.6. The number of para-hydroxylation sites is 3. The van der Waals surface area contributed by atoms with Gasteiger partial charge in [-0.15, -0.1) is 0 Å². The Bertz CT molecular complexity index is 2760. The molecule has 45 heavy (non-hydrogen) atoms. The number of pyridine rings is 1. The number of aromatic nitrogens is 2. The molecule has 0 fully saturated rings. The summed E-state index contributed by atoms with van der Waals surface area (Å²) < 4.78 is 15.0. The number of benzene rings is 6. The number of furan rings is 2. The van der Waals surface area contributed by atoms with Crippen LogP contribution in [0.15, 0.2) is 154 Å². The Morgan fingerprint density at radius 3 is 1.89 bits per heavy atom. The van der Waals surface area contributed by atoms with E-state index in [0.29, 0.717) is 0 Å². The summed E-state index contributed by atoms with van der Waals surface area (Å²) in [5.74, 6) is 0. The fourth-order valence-electron chi connectivity index (χ4n) is 6.95. The van der Waals surface area contributed by atoms with Crippen molar-refractivity contribution in [2.45, 2.75) is 0 Å². The minimum absolute atomic E-state index is 0.872. The predicted molar refractivity (Wildman–Crippen MR) is 184 cm³/mol. The first kappa shape index (κ1) is 24.3. The minimum atomic E-state index is 0.872. The molecule has 0 radical (unpaired) electrons. The smallest absolute Gasteiger partial charge is 0.145 e. The van der Waals surface area contributed by atoms with Crippen molar-refractivity contribution < 1.29 is 8.83 Å². The van der Waals surface area contributed by atoms with Crippen LogP contribution in [0.1, 0.15) is 0 Å². The van der Waals surface area contributed by atoms with E-state index in [0.717, 1.165) is 93.9 Å². The van der Waals surface area contributed by atoms with Crippen molar-refractivity contribution in [3.63, 3.8) is 0 Å². The van der Waals surface area contributed by atoms with E-state index in [1.54, 1.807) is 0 Å². The Hall–Kier alpha value is -6.13. The molecule has 0 saturated heterocycles. The number of hydrogen-bond donors (Lipinski definition) is 0. The van der Waals surface area contributed by atoms with E-state index in [-0.39, 0.29) is 0 Å². The molecule has 0 amide bonds. The van der Waals surface area contributed by atoms with Crippen molar-refractivity contribution in [2.24, 2.45) is 0 Å². The largest absolute Gasteiger partial charge is 0.456 e. The Labute approximate surface area is 257 Å². The summed E-state index contributed by atoms with van der Waals surface area (Å²) in [6.45, 7) is 0. The van der Waals surface area contributed by atoms with Crippen LogP contribution < -0.4 is 0 Å². The second kappa shape index (κ2) is 9.18. The van der Waals surface area contributed by atoms with Gasteiger partial charge in [-0.1, -0.05) is 84.9 Å². The van der Waals surface area contributed by atoms with Gasteiger partial charge in [0.05, 0.1) is 33.5 Å². The van der Waals surface area contributed by atoms with E-state index < -0.39 is 0 Å². The summed E-state index contributed by atoms with van der Waals surface area (Å²) in [5.41, 5.74) is 10.7. The molecular weight excluding hydrogens is 552 g/mol. The van der Waals surface area contributed by atoms with Gasteiger partial charge in [-0.2, -0.15) is 0 Å². The average molecular weight is 577 g/mol. The van der Waals surface area contributed by atoms with Gasteiger partial charge >= 0.3 is 0 Å². The van der Waals surface area contributed by atoms with Gasteiger partial charge in [0.1, 0.15) is 22.3 Å². The maximum absolute atomic E-state index is 6.54. The Kier molecular flexibility index (Phi) is 4.96. The van der Waals surface area contributed by atoms with Gasteiger partial charge in [0, 0.05) is 38.1 Å². The van der Waals surface area contributed by atoms with Crippen LogP contribution in [0.2, 0.25) is 0 Å². The molecule has 210 valence electrons. The van der Waals surface area contributed by atoms with Gasteiger partial charge in [-0.05, 0) is 60.7 Å². The maximum Gasteiger partial charge on any atom is 0.145 e. The van der Waals surface area contributed by atoms with Crippen LogP contribution in [0.3, 0.4) is 0 Å². The molecule has 10 aromatic rings. The van der Waals surface area contributed by atoms with Crippen LogP contribution in [-0.4, -0.2) is 9.55 Å². The molecule has 0 atom stereocenters. The van der Waals surface area contributed by atoms with Gasteiger partial charge in [-0.25, -0.2) is 4.98 Å². The van der Waals surface area contributed by atoms with E-state index in [1.807, 2.05) is 30.3 Å². The molecule has 10 rings (SSSR count). The molecule has 0 aliphatic heterocycles. The molecule has 0 unspecified atom stereocenters. The van der Waals surface area contributed by atoms with Crippen LogP contribution >= 0.6 is 0 Å². The quantitative estimate of drug-likeness (QED) is 0.210. The average Bonchev–Trinajstić information content (AvgIpc) is 3.77. The summed E-state index contributed by atoms with van der Waals surface area (Å²) in [6.07, 6.45) is 0. The zero-order chi connectivity index (χ0) is 29.5. The molecule has 4 aromatic heterocycles. The van der Waals surface area contributed by atoms with Crippen LogP contribution in [0, 0.1) is 0 Å². The van der Waals surface area contributed by atoms with Crippen LogP contribution in [0.25, 0.3) is 93.9 Å². The van der Waals surface area contributed by atoms with Crippen LogP contribution in [0.4, 0.5) is 0 Å². The molecule has 0 N–H and O–H groups in total. The van der Waals surface area contributed by atoms with E-state index in [1.165, 1.54) is 0 Å². The molecule has 0 aliphatic rings. The number of nitrogens with zero attached hydrogens (tertiary/aromatic N) is 2. The van der Waals surface area contributed by atoms with Crippen LogP contribution in [-0.2, 0) is 0 Å². The number of hydrogen-bond acceptors (Lipinski definition) is 3. The fraction of sp³-hybridized carbons (Fsp3) is 0. The minimum Gasteiger partial charge on any atom is -0.456 e. The SMILES string of the molecule is c1ccc(-c2cc(-n3c4ccccc4c4c5oc6ccccc6c5ccc43)cc(-c3ccc4oc5ccccc5c4c3)n2)cc1. The zero-order valence-electron chi connectivity index (χ0n) is 24.1. The summed E-state index contributed by atoms with van der Waals surface area (Å²) in [4.78, 5) is 5.23. The van der Waals surface area contributed by atoms with Crippen molar-refractivity contribution in [3.05, 3.63) is 146 Å². The summed E-state index contributed by atoms with van der Waals surface area (Å²) in [7, 11) is 0. The van der Waals surface area contributed by atoms with Gasteiger partial charge in [0.15, 0.2) is 0 Å². The van der Waals surface area contributed by atoms with Crippen molar-refractivity contribution in [3.8, 4) is 28.2 Å². The standard InChI is InChI=1S/C41H24N2O2/c1-2-10-25(11-3-1)33-23-27(24-34(42-33)26-18-21-39-32(22-26)29-13-6-8-16-37(29)44-39)43-35-15-7-4-14-31(35)40-36(43)20-19-30-28-12-5-9-17-38(28)45-41(30)40/h1-24H. The van der Waals surface area contributed by atoms with E-state index in [9.17, 15) is 0 Å². The van der Waals surface area contributed by atoms with E-state index in [2.05, 4.69) is 120 Å². The number of rotatable bonds is 3. The lowest BCUT2D eigenvalue weighted by atomic mass is 10.0. The van der Waals surface area contributed by atoms with Gasteiger partial charge in [0.25, 0.3) is 0 Å². The van der Waals surface area contributed by atoms with Gasteiger partial charge in [-0.3, -0.25) is 0 Å². The third-order valence-electron chi connectivity index (χ3n) is 8.99. The second-order valence-electron chi connectivity index (χ2n) is 11.6. The summed E-state index contributed by atoms with van der Waals surface area (Å²) >= 11 is 0. The van der Waals surface area contributed by atoms with Crippen molar-refractivity contribution in [1.82, 2.24) is 9.55 Å². The molecule has 0 bridgehead atoms. The Morgan fingerprint density at radius 2 is 1.07 bits per heavy atom. The molecular formula is C41H24N2O2. The normalized spacial score (nSPS) is 12.0. The topological polar surface area (TPSA) is 44.1 Å². The zero-order valence-corrected chi connectivity index (χ0v) is 24.1. The van der Waals surface area contributed by atoms with Gasteiger partial charge < -0.3 is 13.4 Å². The summed E-state index contributed by atoms with van der Waals surface area (Å²) in [5, 5.41) is 6.72. The van der Waals surface area contributed by atoms with Crippen molar-refractivity contribution >= 4 is 65.7 Å². The predicted octanol–water partition coefficient (Wildman–Crippen LogP) is 11.3. The molecule has 6 aromatic carbocycles. The first-order valence-corrected chi connectivity index (χ1v) is 15.1. The Balaban J connectivity index is 1.28. The van der Waals surface area contributed by atoms with Crippen molar-refractivity contribution in [1.29, 1.82) is 0 Å². The van der Waals surface area contributed by atoms with Crippen LogP contribution in [0.5, 0.6) is 0 Å². The molecule has 0 saturated carbocycles. The fourth-order valence-corrected chi connectivity index (χ4v) is 6.95. The molecule has 0 spiro atoms. The number of fused-ring (bicyclic) bond motifs is 10. The maximum atomic E-state index is 6.54. The lowest BCUT2D eigenvalue weighted by molar-refractivity contribution is 0.669. The molecule has 4 nitrogen and oxygen atoms in total. The van der Waals surface area contributed by atoms with Gasteiger partial charge in [0.2, 0.25) is 0 Å². The molecule has 0 aliphatic carbocycles. The highest BCUT2D eigenvalue weighted by atomic mass is 16.3. The van der Waals surface area contributed by atoms with E-state index in [4.69, 9.17) is 13.8 Å². The first-order chi connectivity index (χ1) is 22.3.